The molecule has 1 aliphatic heterocycles. The van der Waals surface area contributed by atoms with E-state index in [9.17, 15) is 4.79 Å². The van der Waals surface area contributed by atoms with Gasteiger partial charge in [0, 0.05) is 7.05 Å². The van der Waals surface area contributed by atoms with E-state index in [2.05, 4.69) is 35.6 Å². The van der Waals surface area contributed by atoms with E-state index >= 15 is 0 Å². The van der Waals surface area contributed by atoms with E-state index < -0.39 is 0 Å². The van der Waals surface area contributed by atoms with Gasteiger partial charge in [-0.1, -0.05) is 42.5 Å². The maximum atomic E-state index is 11.9. The topological polar surface area (TPSA) is 32.3 Å². The lowest BCUT2D eigenvalue weighted by Crippen LogP contribution is -2.31. The van der Waals surface area contributed by atoms with Gasteiger partial charge in [-0.3, -0.25) is 10.1 Å². The quantitative estimate of drug-likeness (QED) is 0.867. The number of hydrogen-bond donors (Lipinski definition) is 1. The number of benzene rings is 2. The van der Waals surface area contributed by atoms with Crippen LogP contribution in [0.5, 0.6) is 0 Å². The van der Waals surface area contributed by atoms with Crippen LogP contribution in [0, 0.1) is 0 Å². The summed E-state index contributed by atoms with van der Waals surface area (Å²) in [6, 6.07) is 14.5. The van der Waals surface area contributed by atoms with Crippen molar-refractivity contribution in [2.24, 2.45) is 0 Å². The molecule has 0 spiro atoms. The van der Waals surface area contributed by atoms with Gasteiger partial charge in [-0.15, -0.1) is 0 Å². The van der Waals surface area contributed by atoms with Gasteiger partial charge in [-0.25, -0.2) is 0 Å². The Morgan fingerprint density at radius 2 is 2.00 bits per heavy atom. The molecule has 0 aliphatic carbocycles. The van der Waals surface area contributed by atoms with E-state index in [-0.39, 0.29) is 11.9 Å². The van der Waals surface area contributed by atoms with Crippen LogP contribution in [0.2, 0.25) is 0 Å². The normalized spacial score (nSPS) is 19.7. The molecule has 0 unspecified atom stereocenters. The van der Waals surface area contributed by atoms with Gasteiger partial charge >= 0.3 is 0 Å². The number of nitrogens with zero attached hydrogens (tertiary/aromatic N) is 1. The third-order valence-electron chi connectivity index (χ3n) is 3.55. The molecule has 1 saturated heterocycles. The number of carbonyl (C=O) groups is 1. The second-order valence-corrected chi connectivity index (χ2v) is 4.79. The van der Waals surface area contributed by atoms with Crippen molar-refractivity contribution in [3.8, 4) is 0 Å². The number of carbonyl (C=O) groups excluding carboxylic acids is 1. The van der Waals surface area contributed by atoms with Gasteiger partial charge < -0.3 is 4.90 Å². The molecule has 1 atom stereocenters. The molecule has 0 saturated carbocycles. The zero-order valence-electron chi connectivity index (χ0n) is 10.4. The number of nitrogens with one attached hydrogen (secondary N) is 1. The van der Waals surface area contributed by atoms with Gasteiger partial charge in [0.25, 0.3) is 0 Å². The van der Waals surface area contributed by atoms with Crippen molar-refractivity contribution in [2.45, 2.75) is 12.5 Å². The summed E-state index contributed by atoms with van der Waals surface area (Å²) in [6.45, 7) is 0.647. The highest BCUT2D eigenvalue weighted by Crippen LogP contribution is 2.20. The molecule has 0 radical (unpaired) electrons. The standard InChI is InChI=1S/C15H16N2O/c1-17-10-16-14(15(17)18)9-12-7-4-6-11-5-2-3-8-13(11)12/h2-8,14,16H,9-10H2,1H3/t14-/m0/s1. The Labute approximate surface area is 106 Å². The van der Waals surface area contributed by atoms with Gasteiger partial charge in [0.05, 0.1) is 12.7 Å². The molecule has 3 nitrogen and oxygen atoms in total. The first-order valence-corrected chi connectivity index (χ1v) is 6.21. The van der Waals surface area contributed by atoms with Gasteiger partial charge in [-0.2, -0.15) is 0 Å². The molecule has 1 fully saturated rings. The Hall–Kier alpha value is -1.87. The Kier molecular flexibility index (Phi) is 2.76. The highest BCUT2D eigenvalue weighted by molar-refractivity contribution is 5.88. The Morgan fingerprint density at radius 1 is 1.22 bits per heavy atom. The summed E-state index contributed by atoms with van der Waals surface area (Å²) >= 11 is 0. The first kappa shape index (κ1) is 11.2. The Bertz CT molecular complexity index is 589. The summed E-state index contributed by atoms with van der Waals surface area (Å²) in [5.74, 6) is 0.183. The third kappa shape index (κ3) is 1.87. The summed E-state index contributed by atoms with van der Waals surface area (Å²) in [5.41, 5.74) is 1.23. The Balaban J connectivity index is 1.93. The predicted octanol–water partition coefficient (Wildman–Crippen LogP) is 1.77. The van der Waals surface area contributed by atoms with Gasteiger partial charge in [-0.05, 0) is 22.8 Å². The number of likely N-dealkylation sites (N-methyl/N-ethyl adjacent to an activating group) is 1. The fourth-order valence-corrected chi connectivity index (χ4v) is 2.53. The highest BCUT2D eigenvalue weighted by Gasteiger charge is 2.28. The smallest absolute Gasteiger partial charge is 0.240 e. The minimum Gasteiger partial charge on any atom is -0.332 e. The average Bonchev–Trinajstić information content (AvgIpc) is 2.71. The SMILES string of the molecule is CN1CN[C@@H](Cc2cccc3ccccc23)C1=O. The largest absolute Gasteiger partial charge is 0.332 e. The van der Waals surface area contributed by atoms with Crippen LogP contribution in [0.25, 0.3) is 10.8 Å². The van der Waals surface area contributed by atoms with Crippen molar-refractivity contribution >= 4 is 16.7 Å². The van der Waals surface area contributed by atoms with Crippen molar-refractivity contribution in [1.82, 2.24) is 10.2 Å². The molecule has 1 N–H and O–H groups in total. The average molecular weight is 240 g/mol. The number of rotatable bonds is 2. The zero-order chi connectivity index (χ0) is 12.5. The van der Waals surface area contributed by atoms with Crippen LogP contribution < -0.4 is 5.32 Å². The lowest BCUT2D eigenvalue weighted by atomic mass is 9.99. The second kappa shape index (κ2) is 4.42. The molecule has 0 aromatic heterocycles. The van der Waals surface area contributed by atoms with Gasteiger partial charge in [0.1, 0.15) is 0 Å². The number of hydrogen-bond acceptors (Lipinski definition) is 2. The summed E-state index contributed by atoms with van der Waals surface area (Å²) in [5, 5.41) is 5.72. The molecule has 3 heteroatoms. The minimum absolute atomic E-state index is 0.0826. The van der Waals surface area contributed by atoms with Crippen molar-refractivity contribution in [1.29, 1.82) is 0 Å². The Morgan fingerprint density at radius 3 is 2.78 bits per heavy atom. The summed E-state index contributed by atoms with van der Waals surface area (Å²) < 4.78 is 0. The maximum Gasteiger partial charge on any atom is 0.240 e. The van der Waals surface area contributed by atoms with E-state index in [1.807, 2.05) is 19.2 Å². The third-order valence-corrected chi connectivity index (χ3v) is 3.55. The second-order valence-electron chi connectivity index (χ2n) is 4.79. The molecule has 2 aromatic rings. The number of amides is 1. The fraction of sp³-hybridized carbons (Fsp3) is 0.267. The van der Waals surface area contributed by atoms with Crippen LogP contribution in [0.3, 0.4) is 0 Å². The fourth-order valence-electron chi connectivity index (χ4n) is 2.53. The molecule has 3 rings (SSSR count). The molecule has 18 heavy (non-hydrogen) atoms. The summed E-state index contributed by atoms with van der Waals surface area (Å²) in [7, 11) is 1.83. The molecular formula is C15H16N2O. The summed E-state index contributed by atoms with van der Waals surface area (Å²) in [6.07, 6.45) is 0.754. The molecule has 1 amide bonds. The molecular weight excluding hydrogens is 224 g/mol. The van der Waals surface area contributed by atoms with Gasteiger partial charge in [0.15, 0.2) is 0 Å². The minimum atomic E-state index is -0.0826. The van der Waals surface area contributed by atoms with Crippen molar-refractivity contribution in [3.05, 3.63) is 48.0 Å². The van der Waals surface area contributed by atoms with Crippen molar-refractivity contribution < 1.29 is 4.79 Å². The van der Waals surface area contributed by atoms with E-state index in [0.717, 1.165) is 6.42 Å². The zero-order valence-corrected chi connectivity index (χ0v) is 10.4. The van der Waals surface area contributed by atoms with E-state index in [4.69, 9.17) is 0 Å². The molecule has 1 aliphatic rings. The number of fused-ring (bicyclic) bond motifs is 1. The molecule has 1 heterocycles. The van der Waals surface area contributed by atoms with E-state index in [1.165, 1.54) is 16.3 Å². The lowest BCUT2D eigenvalue weighted by molar-refractivity contribution is -0.127. The predicted molar refractivity (Wildman–Crippen MR) is 72.2 cm³/mol. The lowest BCUT2D eigenvalue weighted by Gasteiger charge is -2.11. The maximum absolute atomic E-state index is 11.9. The van der Waals surface area contributed by atoms with Crippen LogP contribution >= 0.6 is 0 Å². The monoisotopic (exact) mass is 240 g/mol. The highest BCUT2D eigenvalue weighted by atomic mass is 16.2. The van der Waals surface area contributed by atoms with Crippen LogP contribution in [0.1, 0.15) is 5.56 Å². The van der Waals surface area contributed by atoms with E-state index in [0.29, 0.717) is 6.67 Å². The summed E-state index contributed by atoms with van der Waals surface area (Å²) in [4.78, 5) is 13.6. The first-order valence-electron chi connectivity index (χ1n) is 6.21. The van der Waals surface area contributed by atoms with Crippen molar-refractivity contribution in [2.75, 3.05) is 13.7 Å². The van der Waals surface area contributed by atoms with Gasteiger partial charge in [0.2, 0.25) is 5.91 Å². The van der Waals surface area contributed by atoms with Crippen LogP contribution in [0.15, 0.2) is 42.5 Å². The van der Waals surface area contributed by atoms with Crippen LogP contribution in [-0.4, -0.2) is 30.6 Å². The van der Waals surface area contributed by atoms with Crippen LogP contribution in [-0.2, 0) is 11.2 Å². The van der Waals surface area contributed by atoms with Crippen molar-refractivity contribution in [3.63, 3.8) is 0 Å². The first-order chi connectivity index (χ1) is 8.75. The van der Waals surface area contributed by atoms with E-state index in [1.54, 1.807) is 4.90 Å². The molecule has 2 aromatic carbocycles. The molecule has 92 valence electrons. The molecule has 0 bridgehead atoms. The van der Waals surface area contributed by atoms with Crippen LogP contribution in [0.4, 0.5) is 0 Å².